The van der Waals surface area contributed by atoms with Crippen LogP contribution >= 0.6 is 0 Å². The monoisotopic (exact) mass is 202 g/mol. The third-order valence-corrected chi connectivity index (χ3v) is 2.14. The van der Waals surface area contributed by atoms with E-state index in [9.17, 15) is 9.90 Å². The maximum Gasteiger partial charge on any atom is 0.170 e. The van der Waals surface area contributed by atoms with Gasteiger partial charge >= 0.3 is 0 Å². The van der Waals surface area contributed by atoms with Crippen LogP contribution in [0.4, 0.5) is 0 Å². The van der Waals surface area contributed by atoms with E-state index in [1.165, 1.54) is 0 Å². The number of para-hydroxylation sites is 1. The van der Waals surface area contributed by atoms with Gasteiger partial charge in [0.05, 0.1) is 0 Å². The Labute approximate surface area is 86.6 Å². The quantitative estimate of drug-likeness (QED) is 0.741. The largest absolute Gasteiger partial charge is 0.508 e. The van der Waals surface area contributed by atoms with Crippen molar-refractivity contribution in [1.29, 1.82) is 0 Å². The number of H-pyrrole nitrogens is 1. The van der Waals surface area contributed by atoms with Crippen molar-refractivity contribution < 1.29 is 9.90 Å². The lowest BCUT2D eigenvalue weighted by atomic mass is 10.1. The van der Waals surface area contributed by atoms with E-state index >= 15 is 0 Å². The molecule has 4 heteroatoms. The number of aromatic amines is 1. The first kappa shape index (κ1) is 9.45. The molecular weight excluding hydrogens is 192 g/mol. The van der Waals surface area contributed by atoms with E-state index in [-0.39, 0.29) is 5.75 Å². The predicted octanol–water partition coefficient (Wildman–Crippen LogP) is 1.52. The Morgan fingerprint density at radius 1 is 1.40 bits per heavy atom. The molecule has 0 aliphatic carbocycles. The van der Waals surface area contributed by atoms with E-state index in [0.717, 1.165) is 11.3 Å². The number of hydrogen-bond acceptors (Lipinski definition) is 3. The molecule has 0 radical (unpaired) electrons. The first-order valence-electron chi connectivity index (χ1n) is 4.56. The van der Waals surface area contributed by atoms with Gasteiger partial charge in [-0.15, -0.1) is 0 Å². The minimum Gasteiger partial charge on any atom is -0.508 e. The zero-order chi connectivity index (χ0) is 10.7. The molecule has 0 amide bonds. The van der Waals surface area contributed by atoms with Gasteiger partial charge in [-0.2, -0.15) is 5.10 Å². The van der Waals surface area contributed by atoms with Gasteiger partial charge in [-0.3, -0.25) is 9.89 Å². The SMILES string of the molecule is O=Cc1cc(Cc2ccccc2O)[nH]n1. The molecule has 4 nitrogen and oxygen atoms in total. The Hall–Kier alpha value is -2.10. The summed E-state index contributed by atoms with van der Waals surface area (Å²) in [5.74, 6) is 0.250. The fraction of sp³-hybridized carbons (Fsp3) is 0.0909. The summed E-state index contributed by atoms with van der Waals surface area (Å²) < 4.78 is 0. The number of phenols is 1. The van der Waals surface area contributed by atoms with E-state index in [0.29, 0.717) is 18.4 Å². The van der Waals surface area contributed by atoms with Crippen molar-refractivity contribution in [2.24, 2.45) is 0 Å². The van der Waals surface area contributed by atoms with Gasteiger partial charge in [0, 0.05) is 12.1 Å². The van der Waals surface area contributed by atoms with Gasteiger partial charge in [-0.05, 0) is 17.7 Å². The number of aromatic hydroxyl groups is 1. The average molecular weight is 202 g/mol. The van der Waals surface area contributed by atoms with Crippen LogP contribution in [0.15, 0.2) is 30.3 Å². The Balaban J connectivity index is 2.22. The Kier molecular flexibility index (Phi) is 2.49. The molecule has 1 aromatic heterocycles. The summed E-state index contributed by atoms with van der Waals surface area (Å²) in [5, 5.41) is 16.1. The average Bonchev–Trinajstić information content (AvgIpc) is 2.69. The number of rotatable bonds is 3. The molecule has 0 aliphatic rings. The summed E-state index contributed by atoms with van der Waals surface area (Å²) in [7, 11) is 0. The first-order chi connectivity index (χ1) is 7.29. The summed E-state index contributed by atoms with van der Waals surface area (Å²) in [6.07, 6.45) is 1.22. The van der Waals surface area contributed by atoms with Gasteiger partial charge in [0.1, 0.15) is 11.4 Å². The standard InChI is InChI=1S/C11H10N2O2/c14-7-10-6-9(12-13-10)5-8-3-1-2-4-11(8)15/h1-4,6-7,15H,5H2,(H,12,13). The summed E-state index contributed by atoms with van der Waals surface area (Å²) in [4.78, 5) is 10.4. The van der Waals surface area contributed by atoms with Crippen LogP contribution in [0.25, 0.3) is 0 Å². The number of aromatic nitrogens is 2. The van der Waals surface area contributed by atoms with Crippen LogP contribution in [0.2, 0.25) is 0 Å². The molecule has 1 heterocycles. The van der Waals surface area contributed by atoms with Crippen molar-refractivity contribution in [1.82, 2.24) is 10.2 Å². The van der Waals surface area contributed by atoms with Gasteiger partial charge in [-0.25, -0.2) is 0 Å². The molecule has 0 atom stereocenters. The van der Waals surface area contributed by atoms with Crippen LogP contribution in [-0.2, 0) is 6.42 Å². The lowest BCUT2D eigenvalue weighted by molar-refractivity contribution is 0.111. The molecule has 76 valence electrons. The van der Waals surface area contributed by atoms with Crippen LogP contribution in [0, 0.1) is 0 Å². The highest BCUT2D eigenvalue weighted by Gasteiger charge is 2.04. The van der Waals surface area contributed by atoms with Gasteiger partial charge in [-0.1, -0.05) is 18.2 Å². The normalized spacial score (nSPS) is 10.1. The highest BCUT2D eigenvalue weighted by molar-refractivity contribution is 5.71. The van der Waals surface area contributed by atoms with Crippen LogP contribution in [0.1, 0.15) is 21.7 Å². The van der Waals surface area contributed by atoms with Crippen LogP contribution in [-0.4, -0.2) is 21.6 Å². The predicted molar refractivity (Wildman–Crippen MR) is 54.9 cm³/mol. The van der Waals surface area contributed by atoms with Crippen LogP contribution in [0.3, 0.4) is 0 Å². The molecule has 0 unspecified atom stereocenters. The smallest absolute Gasteiger partial charge is 0.170 e. The van der Waals surface area contributed by atoms with Crippen molar-refractivity contribution in [2.75, 3.05) is 0 Å². The molecule has 0 fully saturated rings. The Morgan fingerprint density at radius 3 is 2.87 bits per heavy atom. The van der Waals surface area contributed by atoms with Gasteiger partial charge in [0.2, 0.25) is 0 Å². The number of nitrogens with one attached hydrogen (secondary N) is 1. The first-order valence-corrected chi connectivity index (χ1v) is 4.56. The summed E-state index contributed by atoms with van der Waals surface area (Å²) in [5.41, 5.74) is 1.98. The number of benzene rings is 1. The van der Waals surface area contributed by atoms with Crippen molar-refractivity contribution >= 4 is 6.29 Å². The van der Waals surface area contributed by atoms with E-state index in [1.807, 2.05) is 12.1 Å². The van der Waals surface area contributed by atoms with Crippen molar-refractivity contribution in [3.8, 4) is 5.75 Å². The Bertz CT molecular complexity index is 477. The summed E-state index contributed by atoms with van der Waals surface area (Å²) in [6.45, 7) is 0. The fourth-order valence-corrected chi connectivity index (χ4v) is 1.40. The number of carbonyl (C=O) groups excluding carboxylic acids is 1. The van der Waals surface area contributed by atoms with E-state index in [4.69, 9.17) is 0 Å². The number of aldehydes is 1. The second kappa shape index (κ2) is 3.96. The molecule has 0 bridgehead atoms. The summed E-state index contributed by atoms with van der Waals surface area (Å²) >= 11 is 0. The van der Waals surface area contributed by atoms with Crippen molar-refractivity contribution in [2.45, 2.75) is 6.42 Å². The third kappa shape index (κ3) is 2.04. The summed E-state index contributed by atoms with van der Waals surface area (Å²) in [6, 6.07) is 8.75. The number of hydrogen-bond donors (Lipinski definition) is 2. The van der Waals surface area contributed by atoms with Gasteiger partial charge in [0.25, 0.3) is 0 Å². The topological polar surface area (TPSA) is 66.0 Å². The van der Waals surface area contributed by atoms with Crippen LogP contribution in [0.5, 0.6) is 5.75 Å². The zero-order valence-corrected chi connectivity index (χ0v) is 7.97. The maximum absolute atomic E-state index is 10.4. The number of nitrogens with zero attached hydrogens (tertiary/aromatic N) is 1. The van der Waals surface area contributed by atoms with Gasteiger partial charge in [0.15, 0.2) is 6.29 Å². The minimum absolute atomic E-state index is 0.250. The maximum atomic E-state index is 10.4. The molecule has 1 aromatic carbocycles. The second-order valence-corrected chi connectivity index (χ2v) is 3.24. The molecule has 2 rings (SSSR count). The number of phenolic OH excluding ortho intramolecular Hbond substituents is 1. The highest BCUT2D eigenvalue weighted by atomic mass is 16.3. The number of carbonyl (C=O) groups is 1. The molecule has 0 saturated carbocycles. The molecular formula is C11H10N2O2. The van der Waals surface area contributed by atoms with Crippen molar-refractivity contribution in [3.05, 3.63) is 47.3 Å². The lowest BCUT2D eigenvalue weighted by Gasteiger charge is -2.00. The fourth-order valence-electron chi connectivity index (χ4n) is 1.40. The van der Waals surface area contributed by atoms with E-state index < -0.39 is 0 Å². The van der Waals surface area contributed by atoms with Gasteiger partial charge < -0.3 is 5.11 Å². The highest BCUT2D eigenvalue weighted by Crippen LogP contribution is 2.18. The third-order valence-electron chi connectivity index (χ3n) is 2.14. The van der Waals surface area contributed by atoms with E-state index in [2.05, 4.69) is 10.2 Å². The molecule has 2 aromatic rings. The molecule has 0 aliphatic heterocycles. The van der Waals surface area contributed by atoms with Crippen LogP contribution < -0.4 is 0 Å². The Morgan fingerprint density at radius 2 is 2.20 bits per heavy atom. The molecule has 0 spiro atoms. The molecule has 0 saturated heterocycles. The zero-order valence-electron chi connectivity index (χ0n) is 7.97. The minimum atomic E-state index is 0.250. The molecule has 15 heavy (non-hydrogen) atoms. The van der Waals surface area contributed by atoms with E-state index in [1.54, 1.807) is 18.2 Å². The molecule has 2 N–H and O–H groups in total. The second-order valence-electron chi connectivity index (χ2n) is 3.24. The van der Waals surface area contributed by atoms with Crippen molar-refractivity contribution in [3.63, 3.8) is 0 Å². The lowest BCUT2D eigenvalue weighted by Crippen LogP contribution is -1.88.